The molecule has 1 N–H and O–H groups in total. The number of hydrogen-bond donors (Lipinski definition) is 1. The Balaban J connectivity index is 3.06. The summed E-state index contributed by atoms with van der Waals surface area (Å²) in [4.78, 5) is 11.3. The van der Waals surface area contributed by atoms with Crippen LogP contribution in [0.15, 0.2) is 23.0 Å². The molecule has 0 bridgehead atoms. The molecule has 6 heteroatoms. The fourth-order valence-electron chi connectivity index (χ4n) is 1.03. The molecular formula is C10H9F3O3. The highest BCUT2D eigenvalue weighted by atomic mass is 19.4. The molecule has 0 spiro atoms. The van der Waals surface area contributed by atoms with Gasteiger partial charge in [0.25, 0.3) is 0 Å². The van der Waals surface area contributed by atoms with Crippen LogP contribution in [0.25, 0.3) is 0 Å². The van der Waals surface area contributed by atoms with E-state index in [1.165, 1.54) is 6.07 Å². The molecule has 0 atom stereocenters. The fourth-order valence-corrected chi connectivity index (χ4v) is 1.03. The van der Waals surface area contributed by atoms with Crippen molar-refractivity contribution in [1.82, 2.24) is 0 Å². The van der Waals surface area contributed by atoms with Gasteiger partial charge in [-0.05, 0) is 24.6 Å². The molecule has 0 aromatic heterocycles. The number of rotatable bonds is 2. The molecule has 0 amide bonds. The summed E-state index contributed by atoms with van der Waals surface area (Å²) in [6, 6.07) is 3.60. The van der Waals surface area contributed by atoms with Gasteiger partial charge in [-0.2, -0.15) is 13.2 Å². The summed E-state index contributed by atoms with van der Waals surface area (Å²) >= 11 is 0. The minimum Gasteiger partial charge on any atom is -0.504 e. The van der Waals surface area contributed by atoms with Gasteiger partial charge in [-0.1, -0.05) is 6.07 Å². The average molecular weight is 234 g/mol. The number of aryl methyl sites for hydroxylation is 1. The van der Waals surface area contributed by atoms with Crippen LogP contribution in [0.4, 0.5) is 13.2 Å². The van der Waals surface area contributed by atoms with E-state index in [-0.39, 0.29) is 0 Å². The Kier molecular flexibility index (Phi) is 3.41. The molecule has 1 aromatic carbocycles. The van der Waals surface area contributed by atoms with Gasteiger partial charge in [0.05, 0.1) is 0 Å². The molecule has 0 aliphatic rings. The number of halogens is 3. The molecule has 0 aliphatic heterocycles. The summed E-state index contributed by atoms with van der Waals surface area (Å²) in [5.74, 6) is -1.30. The second-order valence-corrected chi connectivity index (χ2v) is 3.20. The molecule has 1 aromatic rings. The minimum absolute atomic E-state index is 0.516. The van der Waals surface area contributed by atoms with Crippen molar-refractivity contribution < 1.29 is 23.0 Å². The van der Waals surface area contributed by atoms with Crippen molar-refractivity contribution in [1.29, 1.82) is 0 Å². The van der Waals surface area contributed by atoms with E-state index in [2.05, 4.69) is 4.74 Å². The zero-order chi connectivity index (χ0) is 12.3. The van der Waals surface area contributed by atoms with Crippen LogP contribution in [0.5, 0.6) is 11.5 Å². The van der Waals surface area contributed by atoms with Crippen LogP contribution in [-0.4, -0.2) is 17.9 Å². The smallest absolute Gasteiger partial charge is 0.422 e. The van der Waals surface area contributed by atoms with Gasteiger partial charge in [0.2, 0.25) is 11.2 Å². The first-order chi connectivity index (χ1) is 7.29. The lowest BCUT2D eigenvalue weighted by molar-refractivity contribution is -0.153. The summed E-state index contributed by atoms with van der Waals surface area (Å²) in [6.45, 7) is -0.0345. The number of hydrogen-bond acceptors (Lipinski definition) is 3. The Bertz CT molecular complexity index is 440. The molecule has 0 unspecified atom stereocenters. The lowest BCUT2D eigenvalue weighted by Gasteiger charge is -2.07. The maximum atomic E-state index is 11.9. The van der Waals surface area contributed by atoms with E-state index in [9.17, 15) is 23.1 Å². The highest BCUT2D eigenvalue weighted by Gasteiger charge is 2.29. The Hall–Kier alpha value is -1.72. The SMILES string of the molecule is Cc1ccc(O)c(OCC(F)(F)F)c(=O)c1. The van der Waals surface area contributed by atoms with Crippen LogP contribution in [-0.2, 0) is 0 Å². The van der Waals surface area contributed by atoms with E-state index >= 15 is 0 Å². The first kappa shape index (κ1) is 12.4. The molecule has 0 fully saturated rings. The third-order valence-electron chi connectivity index (χ3n) is 1.70. The maximum Gasteiger partial charge on any atom is 0.422 e. The third kappa shape index (κ3) is 3.45. The van der Waals surface area contributed by atoms with Crippen molar-refractivity contribution in [2.45, 2.75) is 13.1 Å². The summed E-state index contributed by atoms with van der Waals surface area (Å²) in [5, 5.41) is 9.28. The van der Waals surface area contributed by atoms with Gasteiger partial charge in [0, 0.05) is 0 Å². The molecule has 3 nitrogen and oxygen atoms in total. The number of alkyl halides is 3. The lowest BCUT2D eigenvalue weighted by atomic mass is 10.3. The van der Waals surface area contributed by atoms with E-state index in [0.29, 0.717) is 5.56 Å². The topological polar surface area (TPSA) is 46.5 Å². The molecule has 0 aliphatic carbocycles. The summed E-state index contributed by atoms with van der Waals surface area (Å²) in [5.41, 5.74) is -0.272. The quantitative estimate of drug-likeness (QED) is 0.851. The van der Waals surface area contributed by atoms with Crippen LogP contribution >= 0.6 is 0 Å². The van der Waals surface area contributed by atoms with Crippen molar-refractivity contribution in [3.8, 4) is 11.5 Å². The monoisotopic (exact) mass is 234 g/mol. The van der Waals surface area contributed by atoms with Gasteiger partial charge in [-0.25, -0.2) is 0 Å². The number of ether oxygens (including phenoxy) is 1. The Morgan fingerprint density at radius 2 is 2.00 bits per heavy atom. The van der Waals surface area contributed by atoms with E-state index in [1.807, 2.05) is 0 Å². The van der Waals surface area contributed by atoms with Crippen LogP contribution in [0.3, 0.4) is 0 Å². The van der Waals surface area contributed by atoms with E-state index in [0.717, 1.165) is 12.1 Å². The maximum absolute atomic E-state index is 11.9. The zero-order valence-corrected chi connectivity index (χ0v) is 8.34. The van der Waals surface area contributed by atoms with E-state index < -0.39 is 29.7 Å². The van der Waals surface area contributed by atoms with Crippen molar-refractivity contribution in [3.05, 3.63) is 34.0 Å². The molecule has 0 saturated carbocycles. The lowest BCUT2D eigenvalue weighted by Crippen LogP contribution is -2.21. The van der Waals surface area contributed by atoms with Gasteiger partial charge in [0.15, 0.2) is 12.4 Å². The first-order valence-corrected chi connectivity index (χ1v) is 4.33. The van der Waals surface area contributed by atoms with Crippen molar-refractivity contribution in [2.24, 2.45) is 0 Å². The highest BCUT2D eigenvalue weighted by Crippen LogP contribution is 2.23. The molecule has 0 saturated heterocycles. The summed E-state index contributed by atoms with van der Waals surface area (Å²) in [6.07, 6.45) is -4.55. The van der Waals surface area contributed by atoms with Crippen molar-refractivity contribution in [3.63, 3.8) is 0 Å². The molecular weight excluding hydrogens is 225 g/mol. The largest absolute Gasteiger partial charge is 0.504 e. The Morgan fingerprint density at radius 3 is 2.56 bits per heavy atom. The Labute approximate surface area is 89.1 Å². The second kappa shape index (κ2) is 4.42. The normalized spacial score (nSPS) is 11.2. The number of aromatic hydroxyl groups is 1. The van der Waals surface area contributed by atoms with Crippen LogP contribution in [0.1, 0.15) is 5.56 Å². The third-order valence-corrected chi connectivity index (χ3v) is 1.70. The molecule has 0 heterocycles. The van der Waals surface area contributed by atoms with Crippen molar-refractivity contribution in [2.75, 3.05) is 6.61 Å². The van der Waals surface area contributed by atoms with E-state index in [1.54, 1.807) is 6.92 Å². The molecule has 16 heavy (non-hydrogen) atoms. The fraction of sp³-hybridized carbons (Fsp3) is 0.300. The zero-order valence-electron chi connectivity index (χ0n) is 8.34. The summed E-state index contributed by atoms with van der Waals surface area (Å²) < 4.78 is 39.9. The van der Waals surface area contributed by atoms with Gasteiger partial charge in [-0.15, -0.1) is 0 Å². The predicted molar refractivity (Wildman–Crippen MR) is 50.7 cm³/mol. The molecule has 0 radical (unpaired) electrons. The van der Waals surface area contributed by atoms with E-state index in [4.69, 9.17) is 0 Å². The Morgan fingerprint density at radius 1 is 1.38 bits per heavy atom. The highest BCUT2D eigenvalue weighted by molar-refractivity contribution is 5.38. The van der Waals surface area contributed by atoms with Gasteiger partial charge in [0.1, 0.15) is 0 Å². The predicted octanol–water partition coefficient (Wildman–Crippen LogP) is 2.00. The molecule has 1 rings (SSSR count). The summed E-state index contributed by atoms with van der Waals surface area (Å²) in [7, 11) is 0. The van der Waals surface area contributed by atoms with Crippen LogP contribution in [0, 0.1) is 6.92 Å². The van der Waals surface area contributed by atoms with Crippen LogP contribution in [0.2, 0.25) is 0 Å². The van der Waals surface area contributed by atoms with Crippen LogP contribution < -0.4 is 10.2 Å². The molecule has 88 valence electrons. The van der Waals surface area contributed by atoms with Crippen molar-refractivity contribution >= 4 is 0 Å². The standard InChI is InChI=1S/C10H9F3O3/c1-6-2-3-7(14)9(8(15)4-6)16-5-10(11,12)13/h2-4,14H,5H2,1H3. The van der Waals surface area contributed by atoms with Gasteiger partial charge < -0.3 is 9.84 Å². The minimum atomic E-state index is -4.55. The average Bonchev–Trinajstić information content (AvgIpc) is 2.23. The van der Waals surface area contributed by atoms with Gasteiger partial charge >= 0.3 is 6.18 Å². The van der Waals surface area contributed by atoms with Gasteiger partial charge in [-0.3, -0.25) is 4.79 Å². The first-order valence-electron chi connectivity index (χ1n) is 4.33. The second-order valence-electron chi connectivity index (χ2n) is 3.20.